The zero-order chi connectivity index (χ0) is 22.8. The fraction of sp³-hybridized carbons (Fsp3) is 0.208. The third kappa shape index (κ3) is 4.16. The minimum absolute atomic E-state index is 0.0111. The van der Waals surface area contributed by atoms with Crippen molar-refractivity contribution in [3.05, 3.63) is 65.9 Å². The van der Waals surface area contributed by atoms with E-state index in [9.17, 15) is 9.65 Å². The molecule has 4 aromatic rings. The maximum atomic E-state index is 14.9. The number of fused-ring (bicyclic) bond motifs is 1. The summed E-state index contributed by atoms with van der Waals surface area (Å²) in [6.45, 7) is 5.70. The van der Waals surface area contributed by atoms with Crippen LogP contribution in [-0.4, -0.2) is 41.1 Å². The molecule has 0 bridgehead atoms. The molecule has 8 nitrogen and oxygen atoms in total. The number of anilines is 3. The summed E-state index contributed by atoms with van der Waals surface area (Å²) in [5.41, 5.74) is 3.52. The summed E-state index contributed by atoms with van der Waals surface area (Å²) in [7, 11) is 0. The first-order chi connectivity index (χ1) is 16.1. The van der Waals surface area contributed by atoms with Gasteiger partial charge in [-0.05, 0) is 49.4 Å². The Morgan fingerprint density at radius 2 is 1.91 bits per heavy atom. The molecule has 1 saturated heterocycles. The summed E-state index contributed by atoms with van der Waals surface area (Å²) in [6, 6.07) is 14.9. The molecule has 0 atom stereocenters. The topological polar surface area (TPSA) is 102 Å². The van der Waals surface area contributed by atoms with Crippen LogP contribution >= 0.6 is 0 Å². The van der Waals surface area contributed by atoms with Gasteiger partial charge in [-0.25, -0.2) is 14.4 Å². The van der Waals surface area contributed by atoms with Crippen LogP contribution in [0.25, 0.3) is 10.9 Å². The number of H-pyrrole nitrogens is 1. The van der Waals surface area contributed by atoms with Crippen LogP contribution in [0.1, 0.15) is 11.3 Å². The summed E-state index contributed by atoms with van der Waals surface area (Å²) < 4.78 is 20.7. The van der Waals surface area contributed by atoms with Crippen LogP contribution in [0.3, 0.4) is 0 Å². The summed E-state index contributed by atoms with van der Waals surface area (Å²) >= 11 is 0. The second kappa shape index (κ2) is 8.76. The van der Waals surface area contributed by atoms with Gasteiger partial charge in [-0.3, -0.25) is 0 Å². The summed E-state index contributed by atoms with van der Waals surface area (Å²) in [5, 5.41) is 16.7. The van der Waals surface area contributed by atoms with E-state index < -0.39 is 5.82 Å². The van der Waals surface area contributed by atoms with Gasteiger partial charge in [0, 0.05) is 54.2 Å². The van der Waals surface area contributed by atoms with Crippen molar-refractivity contribution in [2.24, 2.45) is 0 Å². The number of rotatable bonds is 5. The highest BCUT2D eigenvalue weighted by atomic mass is 19.1. The first kappa shape index (κ1) is 20.7. The predicted octanol–water partition coefficient (Wildman–Crippen LogP) is 4.22. The van der Waals surface area contributed by atoms with Crippen molar-refractivity contribution >= 4 is 28.1 Å². The van der Waals surface area contributed by atoms with Crippen LogP contribution in [0.2, 0.25) is 0 Å². The van der Waals surface area contributed by atoms with E-state index in [1.54, 1.807) is 12.1 Å². The van der Waals surface area contributed by atoms with Crippen LogP contribution < -0.4 is 20.3 Å². The Labute approximate surface area is 190 Å². The second-order valence-corrected chi connectivity index (χ2v) is 7.82. The molecular weight excluding hydrogens is 421 g/mol. The van der Waals surface area contributed by atoms with Gasteiger partial charge in [0.05, 0.1) is 0 Å². The number of halogens is 1. The van der Waals surface area contributed by atoms with Crippen LogP contribution in [-0.2, 0) is 0 Å². The lowest BCUT2D eigenvalue weighted by Gasteiger charge is -2.29. The lowest BCUT2D eigenvalue weighted by atomic mass is 10.2. The van der Waals surface area contributed by atoms with Gasteiger partial charge in [0.15, 0.2) is 22.9 Å². The molecule has 0 saturated carbocycles. The highest BCUT2D eigenvalue weighted by Crippen LogP contribution is 2.33. The molecule has 1 fully saturated rings. The molecule has 0 radical (unpaired) electrons. The van der Waals surface area contributed by atoms with E-state index in [1.165, 1.54) is 12.4 Å². The first-order valence-electron chi connectivity index (χ1n) is 10.7. The maximum Gasteiger partial charge on any atom is 0.242 e. The van der Waals surface area contributed by atoms with Crippen molar-refractivity contribution in [3.63, 3.8) is 0 Å². The molecule has 166 valence electrons. The van der Waals surface area contributed by atoms with E-state index in [2.05, 4.69) is 36.6 Å². The fourth-order valence-electron chi connectivity index (χ4n) is 3.93. The molecule has 0 unspecified atom stereocenters. The van der Waals surface area contributed by atoms with Crippen LogP contribution in [0.15, 0.2) is 48.8 Å². The van der Waals surface area contributed by atoms with Gasteiger partial charge in [-0.1, -0.05) is 0 Å². The number of aromatic nitrogens is 3. The lowest BCUT2D eigenvalue weighted by molar-refractivity contribution is 0.428. The number of aryl methyl sites for hydroxylation is 1. The predicted molar refractivity (Wildman–Crippen MR) is 125 cm³/mol. The molecular formula is C24H22FN7O. The zero-order valence-electron chi connectivity index (χ0n) is 18.0. The number of nitrogens with zero attached hydrogens (tertiary/aromatic N) is 4. The molecule has 9 heteroatoms. The zero-order valence-corrected chi connectivity index (χ0v) is 18.0. The molecule has 2 aromatic carbocycles. The molecule has 3 N–H and O–H groups in total. The molecule has 1 aliphatic heterocycles. The molecule has 0 aliphatic carbocycles. The van der Waals surface area contributed by atoms with Gasteiger partial charge in [-0.2, -0.15) is 5.26 Å². The number of benzene rings is 2. The van der Waals surface area contributed by atoms with E-state index in [0.717, 1.165) is 43.2 Å². The van der Waals surface area contributed by atoms with Crippen LogP contribution in [0, 0.1) is 24.1 Å². The third-order valence-corrected chi connectivity index (χ3v) is 5.58. The molecule has 0 spiro atoms. The van der Waals surface area contributed by atoms with E-state index >= 15 is 0 Å². The monoisotopic (exact) mass is 443 g/mol. The Morgan fingerprint density at radius 3 is 2.67 bits per heavy atom. The minimum atomic E-state index is -0.516. The highest BCUT2D eigenvalue weighted by molar-refractivity contribution is 5.83. The lowest BCUT2D eigenvalue weighted by Crippen LogP contribution is -2.43. The van der Waals surface area contributed by atoms with Crippen molar-refractivity contribution in [1.29, 1.82) is 5.26 Å². The molecule has 33 heavy (non-hydrogen) atoms. The molecule has 1 aliphatic rings. The third-order valence-electron chi connectivity index (χ3n) is 5.58. The van der Waals surface area contributed by atoms with Crippen molar-refractivity contribution in [1.82, 2.24) is 20.3 Å². The van der Waals surface area contributed by atoms with Crippen molar-refractivity contribution in [3.8, 4) is 17.7 Å². The van der Waals surface area contributed by atoms with Gasteiger partial charge < -0.3 is 25.3 Å². The van der Waals surface area contributed by atoms with Gasteiger partial charge in [0.25, 0.3) is 0 Å². The number of aromatic amines is 1. The fourth-order valence-corrected chi connectivity index (χ4v) is 3.93. The second-order valence-electron chi connectivity index (χ2n) is 7.82. The van der Waals surface area contributed by atoms with Gasteiger partial charge >= 0.3 is 0 Å². The molecule has 0 amide bonds. The summed E-state index contributed by atoms with van der Waals surface area (Å²) in [4.78, 5) is 13.7. The Hall–Kier alpha value is -4.16. The number of hydrogen-bond donors (Lipinski definition) is 3. The minimum Gasteiger partial charge on any atom is -0.434 e. The average molecular weight is 443 g/mol. The number of hydrogen-bond acceptors (Lipinski definition) is 7. The van der Waals surface area contributed by atoms with E-state index in [4.69, 9.17) is 4.74 Å². The number of piperazine rings is 1. The normalized spacial score (nSPS) is 13.7. The van der Waals surface area contributed by atoms with Crippen molar-refractivity contribution in [2.45, 2.75) is 6.92 Å². The quantitative estimate of drug-likeness (QED) is 0.424. The maximum absolute atomic E-state index is 14.9. The van der Waals surface area contributed by atoms with Crippen molar-refractivity contribution < 1.29 is 9.13 Å². The Morgan fingerprint density at radius 1 is 1.12 bits per heavy atom. The smallest absolute Gasteiger partial charge is 0.242 e. The summed E-state index contributed by atoms with van der Waals surface area (Å²) in [5.74, 6) is -0.255. The largest absolute Gasteiger partial charge is 0.434 e. The Kier molecular flexibility index (Phi) is 5.50. The number of ether oxygens (including phenoxy) is 1. The average Bonchev–Trinajstić information content (AvgIpc) is 3.23. The number of nitriles is 1. The van der Waals surface area contributed by atoms with Gasteiger partial charge in [0.2, 0.25) is 5.88 Å². The number of nitrogens with one attached hydrogen (secondary N) is 3. The van der Waals surface area contributed by atoms with E-state index in [-0.39, 0.29) is 23.0 Å². The Balaban J connectivity index is 1.39. The van der Waals surface area contributed by atoms with Gasteiger partial charge in [0.1, 0.15) is 12.4 Å². The SMILES string of the molecule is Cc1cc2c(F)c(Oc3ncnc(Nc4ccc(N5CCNCC5)cc4)c3C#N)ccc2[nH]1. The Bertz CT molecular complexity index is 1340. The standard InChI is InChI=1S/C24H22FN7O/c1-15-12-18-20(30-15)6-7-21(22(18)25)33-24-19(13-26)23(28-14-29-24)31-16-2-4-17(5-3-16)32-10-8-27-9-11-32/h2-7,12,14,27,30H,8-11H2,1H3,(H,28,29,31). The van der Waals surface area contributed by atoms with E-state index in [0.29, 0.717) is 10.9 Å². The molecule has 3 heterocycles. The highest BCUT2D eigenvalue weighted by Gasteiger charge is 2.18. The molecule has 2 aromatic heterocycles. The van der Waals surface area contributed by atoms with Crippen LogP contribution in [0.5, 0.6) is 11.6 Å². The summed E-state index contributed by atoms with van der Waals surface area (Å²) in [6.07, 6.45) is 1.28. The molecule has 5 rings (SSSR count). The van der Waals surface area contributed by atoms with E-state index in [1.807, 2.05) is 31.2 Å². The van der Waals surface area contributed by atoms with Crippen molar-refractivity contribution in [2.75, 3.05) is 36.4 Å². The first-order valence-corrected chi connectivity index (χ1v) is 10.7. The van der Waals surface area contributed by atoms with Crippen LogP contribution in [0.4, 0.5) is 21.6 Å². The van der Waals surface area contributed by atoms with Gasteiger partial charge in [-0.15, -0.1) is 0 Å².